The second-order valence-electron chi connectivity index (χ2n) is 4.88. The number of nitrogens with one attached hydrogen (secondary N) is 1. The molecule has 0 aliphatic carbocycles. The summed E-state index contributed by atoms with van der Waals surface area (Å²) < 4.78 is 1.94. The Morgan fingerprint density at radius 2 is 2.11 bits per heavy atom. The lowest BCUT2D eigenvalue weighted by molar-refractivity contribution is 0.584. The van der Waals surface area contributed by atoms with Crippen molar-refractivity contribution < 1.29 is 0 Å². The monoisotopic (exact) mass is 277 g/mol. The molecule has 0 fully saturated rings. The van der Waals surface area contributed by atoms with E-state index < -0.39 is 0 Å². The van der Waals surface area contributed by atoms with E-state index in [-0.39, 0.29) is 6.04 Å². The summed E-state index contributed by atoms with van der Waals surface area (Å²) in [6.07, 6.45) is 0.907. The molecule has 1 aromatic carbocycles. The van der Waals surface area contributed by atoms with Crippen LogP contribution in [-0.4, -0.2) is 16.8 Å². The van der Waals surface area contributed by atoms with Crippen LogP contribution in [0.3, 0.4) is 0 Å². The van der Waals surface area contributed by atoms with Gasteiger partial charge in [0, 0.05) is 29.4 Å². The highest BCUT2D eigenvalue weighted by Gasteiger charge is 2.19. The number of hydrogen-bond donors (Lipinski definition) is 1. The van der Waals surface area contributed by atoms with E-state index in [1.165, 1.54) is 16.8 Å². The predicted molar refractivity (Wildman–Crippen MR) is 79.6 cm³/mol. The fraction of sp³-hybridized carbons (Fsp3) is 0.400. The minimum absolute atomic E-state index is 0.257. The van der Waals surface area contributed by atoms with Gasteiger partial charge in [0.1, 0.15) is 0 Å². The standard InChI is InChI=1S/C15H20ClN3/c1-10-15(11(2)19(4)18-10)14(17-3)9-12-6-5-7-13(16)8-12/h5-8,14,17H,9H2,1-4H3. The Kier molecular flexibility index (Phi) is 4.27. The summed E-state index contributed by atoms with van der Waals surface area (Å²) in [6.45, 7) is 4.17. The van der Waals surface area contributed by atoms with E-state index in [1.54, 1.807) is 0 Å². The largest absolute Gasteiger partial charge is 0.313 e. The molecule has 1 aromatic heterocycles. The Morgan fingerprint density at radius 1 is 1.37 bits per heavy atom. The number of hydrogen-bond acceptors (Lipinski definition) is 2. The Hall–Kier alpha value is -1.32. The van der Waals surface area contributed by atoms with Gasteiger partial charge in [-0.15, -0.1) is 0 Å². The SMILES string of the molecule is CNC(Cc1cccc(Cl)c1)c1c(C)nn(C)c1C. The number of benzene rings is 1. The van der Waals surface area contributed by atoms with Crippen LogP contribution in [0.4, 0.5) is 0 Å². The molecule has 3 nitrogen and oxygen atoms in total. The molecule has 4 heteroatoms. The van der Waals surface area contributed by atoms with Gasteiger partial charge < -0.3 is 5.32 Å². The number of aromatic nitrogens is 2. The summed E-state index contributed by atoms with van der Waals surface area (Å²) in [4.78, 5) is 0. The summed E-state index contributed by atoms with van der Waals surface area (Å²) in [6, 6.07) is 8.28. The molecule has 0 bridgehead atoms. The molecule has 102 valence electrons. The summed E-state index contributed by atoms with van der Waals surface area (Å²) in [7, 11) is 3.97. The molecule has 0 spiro atoms. The van der Waals surface area contributed by atoms with Crippen molar-refractivity contribution in [3.05, 3.63) is 51.8 Å². The van der Waals surface area contributed by atoms with Crippen molar-refractivity contribution in [2.24, 2.45) is 7.05 Å². The number of rotatable bonds is 4. The van der Waals surface area contributed by atoms with Gasteiger partial charge in [0.15, 0.2) is 0 Å². The number of likely N-dealkylation sites (N-methyl/N-ethyl adjacent to an activating group) is 1. The van der Waals surface area contributed by atoms with Gasteiger partial charge in [-0.3, -0.25) is 4.68 Å². The van der Waals surface area contributed by atoms with E-state index in [1.807, 2.05) is 37.0 Å². The minimum atomic E-state index is 0.257. The van der Waals surface area contributed by atoms with E-state index in [2.05, 4.69) is 30.3 Å². The molecular weight excluding hydrogens is 258 g/mol. The van der Waals surface area contributed by atoms with Crippen LogP contribution in [0.5, 0.6) is 0 Å². The third-order valence-electron chi connectivity index (χ3n) is 3.59. The maximum Gasteiger partial charge on any atom is 0.0644 e. The van der Waals surface area contributed by atoms with Crippen LogP contribution in [0.15, 0.2) is 24.3 Å². The maximum absolute atomic E-state index is 6.05. The molecule has 0 amide bonds. The molecule has 1 atom stereocenters. The molecule has 19 heavy (non-hydrogen) atoms. The van der Waals surface area contributed by atoms with Gasteiger partial charge in [0.25, 0.3) is 0 Å². The fourth-order valence-corrected chi connectivity index (χ4v) is 2.76. The molecule has 1 unspecified atom stereocenters. The van der Waals surface area contributed by atoms with E-state index in [4.69, 9.17) is 11.6 Å². The predicted octanol–water partition coefficient (Wildman–Crippen LogP) is 3.19. The highest BCUT2D eigenvalue weighted by atomic mass is 35.5. The lowest BCUT2D eigenvalue weighted by atomic mass is 9.97. The molecule has 0 aliphatic heterocycles. The van der Waals surface area contributed by atoms with Gasteiger partial charge in [0.2, 0.25) is 0 Å². The highest BCUT2D eigenvalue weighted by Crippen LogP contribution is 2.25. The maximum atomic E-state index is 6.05. The highest BCUT2D eigenvalue weighted by molar-refractivity contribution is 6.30. The van der Waals surface area contributed by atoms with Gasteiger partial charge in [-0.05, 0) is 45.0 Å². The zero-order valence-electron chi connectivity index (χ0n) is 11.9. The van der Waals surface area contributed by atoms with Crippen LogP contribution >= 0.6 is 11.6 Å². The summed E-state index contributed by atoms with van der Waals surface area (Å²) >= 11 is 6.05. The third kappa shape index (κ3) is 2.99. The number of aryl methyl sites for hydroxylation is 2. The van der Waals surface area contributed by atoms with Crippen LogP contribution in [0, 0.1) is 13.8 Å². The number of halogens is 1. The summed E-state index contributed by atoms with van der Waals surface area (Å²) in [5.74, 6) is 0. The molecule has 1 N–H and O–H groups in total. The van der Waals surface area contributed by atoms with Crippen molar-refractivity contribution in [2.45, 2.75) is 26.3 Å². The van der Waals surface area contributed by atoms with Crippen molar-refractivity contribution in [1.82, 2.24) is 15.1 Å². The van der Waals surface area contributed by atoms with Crippen molar-refractivity contribution in [3.63, 3.8) is 0 Å². The first-order valence-corrected chi connectivity index (χ1v) is 6.82. The van der Waals surface area contributed by atoms with Gasteiger partial charge in [-0.2, -0.15) is 5.10 Å². The molecule has 0 aliphatic rings. The third-order valence-corrected chi connectivity index (χ3v) is 3.83. The topological polar surface area (TPSA) is 29.9 Å². The Bertz CT molecular complexity index is 575. The second-order valence-corrected chi connectivity index (χ2v) is 5.32. The normalized spacial score (nSPS) is 12.7. The molecule has 0 saturated heterocycles. The van der Waals surface area contributed by atoms with Gasteiger partial charge in [-0.25, -0.2) is 0 Å². The summed E-state index contributed by atoms with van der Waals surface area (Å²) in [5, 5.41) is 8.66. The lowest BCUT2D eigenvalue weighted by Gasteiger charge is -2.17. The zero-order chi connectivity index (χ0) is 14.0. The first-order chi connectivity index (χ1) is 9.02. The van der Waals surface area contributed by atoms with E-state index in [0.29, 0.717) is 0 Å². The Morgan fingerprint density at radius 3 is 2.63 bits per heavy atom. The average molecular weight is 278 g/mol. The Labute approximate surface area is 119 Å². The van der Waals surface area contributed by atoms with Crippen LogP contribution < -0.4 is 5.32 Å². The summed E-state index contributed by atoms with van der Waals surface area (Å²) in [5.41, 5.74) is 4.81. The van der Waals surface area contributed by atoms with Gasteiger partial charge >= 0.3 is 0 Å². The lowest BCUT2D eigenvalue weighted by Crippen LogP contribution is -2.20. The van der Waals surface area contributed by atoms with Crippen molar-refractivity contribution in [2.75, 3.05) is 7.05 Å². The average Bonchev–Trinajstić information content (AvgIpc) is 2.61. The molecule has 2 aromatic rings. The Balaban J connectivity index is 2.30. The van der Waals surface area contributed by atoms with E-state index in [9.17, 15) is 0 Å². The van der Waals surface area contributed by atoms with Crippen LogP contribution in [-0.2, 0) is 13.5 Å². The molecule has 0 saturated carbocycles. The number of nitrogens with zero attached hydrogens (tertiary/aromatic N) is 2. The zero-order valence-corrected chi connectivity index (χ0v) is 12.6. The first-order valence-electron chi connectivity index (χ1n) is 6.44. The second kappa shape index (κ2) is 5.76. The van der Waals surface area contributed by atoms with Crippen LogP contribution in [0.25, 0.3) is 0 Å². The molecule has 2 rings (SSSR count). The van der Waals surface area contributed by atoms with E-state index >= 15 is 0 Å². The quantitative estimate of drug-likeness (QED) is 0.930. The van der Waals surface area contributed by atoms with Crippen molar-refractivity contribution >= 4 is 11.6 Å². The molecular formula is C15H20ClN3. The van der Waals surface area contributed by atoms with E-state index in [0.717, 1.165) is 17.1 Å². The van der Waals surface area contributed by atoms with Crippen molar-refractivity contribution in [1.29, 1.82) is 0 Å². The van der Waals surface area contributed by atoms with Gasteiger partial charge in [-0.1, -0.05) is 23.7 Å². The first kappa shape index (κ1) is 14.1. The van der Waals surface area contributed by atoms with Crippen LogP contribution in [0.1, 0.15) is 28.6 Å². The van der Waals surface area contributed by atoms with Crippen LogP contribution in [0.2, 0.25) is 5.02 Å². The fourth-order valence-electron chi connectivity index (χ4n) is 2.54. The van der Waals surface area contributed by atoms with Gasteiger partial charge in [0.05, 0.1) is 5.69 Å². The minimum Gasteiger partial charge on any atom is -0.313 e. The smallest absolute Gasteiger partial charge is 0.0644 e. The van der Waals surface area contributed by atoms with Crippen molar-refractivity contribution in [3.8, 4) is 0 Å². The molecule has 1 heterocycles. The molecule has 0 radical (unpaired) electrons.